The molecular formula is C16H14BrN3O7S. The predicted octanol–water partition coefficient (Wildman–Crippen LogP) is 1.96. The summed E-state index contributed by atoms with van der Waals surface area (Å²) in [5, 5.41) is 20.5. The third-order valence-electron chi connectivity index (χ3n) is 4.11. The Labute approximate surface area is 171 Å². The summed E-state index contributed by atoms with van der Waals surface area (Å²) in [6.07, 6.45) is 1.19. The number of phenols is 1. The number of phenolic OH excluding ortho intramolecular Hbond substituents is 1. The van der Waals surface area contributed by atoms with Crippen LogP contribution in [0.4, 0.5) is 10.5 Å². The Morgan fingerprint density at radius 3 is 2.68 bits per heavy atom. The first kappa shape index (κ1) is 20.3. The zero-order valence-electron chi connectivity index (χ0n) is 14.3. The number of aromatic hydroxyl groups is 1. The van der Waals surface area contributed by atoms with Crippen LogP contribution < -0.4 is 0 Å². The van der Waals surface area contributed by atoms with Crippen LogP contribution in [0.1, 0.15) is 5.56 Å². The Morgan fingerprint density at radius 2 is 2.04 bits per heavy atom. The van der Waals surface area contributed by atoms with E-state index in [1.54, 1.807) is 0 Å². The summed E-state index contributed by atoms with van der Waals surface area (Å²) in [5.74, 6) is -1.37. The van der Waals surface area contributed by atoms with Crippen LogP contribution in [0.25, 0.3) is 6.08 Å². The van der Waals surface area contributed by atoms with Crippen molar-refractivity contribution >= 4 is 56.5 Å². The number of hydrogen-bond acceptors (Lipinski definition) is 8. The first-order valence-corrected chi connectivity index (χ1v) is 9.66. The van der Waals surface area contributed by atoms with Gasteiger partial charge in [-0.15, -0.1) is 0 Å². The molecule has 2 aliphatic rings. The predicted molar refractivity (Wildman–Crippen MR) is 103 cm³/mol. The molecule has 1 aromatic carbocycles. The summed E-state index contributed by atoms with van der Waals surface area (Å²) in [7, 11) is 0. The number of morpholine rings is 1. The van der Waals surface area contributed by atoms with E-state index in [-0.39, 0.29) is 32.3 Å². The normalized spacial score (nSPS) is 18.8. The third-order valence-corrected chi connectivity index (χ3v) is 5.62. The molecule has 1 aromatic rings. The first-order valence-electron chi connectivity index (χ1n) is 8.05. The number of rotatable bonds is 4. The fourth-order valence-corrected chi connectivity index (χ4v) is 3.94. The van der Waals surface area contributed by atoms with Crippen molar-refractivity contribution in [3.63, 3.8) is 0 Å². The average Bonchev–Trinajstić information content (AvgIpc) is 2.93. The monoisotopic (exact) mass is 471 g/mol. The van der Waals surface area contributed by atoms with Gasteiger partial charge < -0.3 is 14.7 Å². The summed E-state index contributed by atoms with van der Waals surface area (Å²) in [6.45, 7) is 1.18. The molecule has 3 amide bonds. The topological polar surface area (TPSA) is 130 Å². The lowest BCUT2D eigenvalue weighted by atomic mass is 10.1. The van der Waals surface area contributed by atoms with E-state index in [0.29, 0.717) is 38.1 Å². The molecule has 2 heterocycles. The molecule has 1 N–H and O–H groups in total. The molecule has 0 bridgehead atoms. The van der Waals surface area contributed by atoms with E-state index in [9.17, 15) is 29.6 Å². The maximum absolute atomic E-state index is 12.5. The number of imide groups is 1. The Hall–Kier alpha value is -2.44. The molecule has 0 aromatic heterocycles. The fraction of sp³-hybridized carbons (Fsp3) is 0.312. The molecule has 12 heteroatoms. The minimum atomic E-state index is -0.696. The van der Waals surface area contributed by atoms with Crippen LogP contribution in [0, 0.1) is 10.1 Å². The van der Waals surface area contributed by atoms with Gasteiger partial charge in [0.1, 0.15) is 12.3 Å². The quantitative estimate of drug-likeness (QED) is 0.400. The van der Waals surface area contributed by atoms with Crippen LogP contribution in [0.2, 0.25) is 0 Å². The molecule has 3 rings (SSSR count). The molecule has 0 aliphatic carbocycles. The zero-order chi connectivity index (χ0) is 20.4. The summed E-state index contributed by atoms with van der Waals surface area (Å²) in [6, 6.07) is 2.21. The number of non-ortho nitro benzene ring substituents is 1. The number of ether oxygens (including phenoxy) is 1. The van der Waals surface area contributed by atoms with Crippen molar-refractivity contribution in [2.45, 2.75) is 0 Å². The summed E-state index contributed by atoms with van der Waals surface area (Å²) in [4.78, 5) is 49.7. The van der Waals surface area contributed by atoms with E-state index < -0.39 is 22.6 Å². The maximum Gasteiger partial charge on any atom is 0.294 e. The van der Waals surface area contributed by atoms with Crippen molar-refractivity contribution < 1.29 is 29.2 Å². The van der Waals surface area contributed by atoms with E-state index in [0.717, 1.165) is 17.0 Å². The highest BCUT2D eigenvalue weighted by atomic mass is 79.9. The number of carbonyl (C=O) groups excluding carboxylic acids is 3. The van der Waals surface area contributed by atoms with Crippen LogP contribution in [0.3, 0.4) is 0 Å². The minimum absolute atomic E-state index is 0.00563. The molecule has 148 valence electrons. The molecule has 0 saturated carbocycles. The van der Waals surface area contributed by atoms with Crippen LogP contribution >= 0.6 is 27.7 Å². The lowest BCUT2D eigenvalue weighted by Gasteiger charge is -2.28. The van der Waals surface area contributed by atoms with Gasteiger partial charge in [0.15, 0.2) is 0 Å². The number of benzene rings is 1. The first-order chi connectivity index (χ1) is 13.3. The van der Waals surface area contributed by atoms with Gasteiger partial charge in [-0.2, -0.15) is 0 Å². The number of nitro groups is 1. The van der Waals surface area contributed by atoms with E-state index in [4.69, 9.17) is 4.74 Å². The number of hydrogen-bond donors (Lipinski definition) is 1. The third kappa shape index (κ3) is 4.18. The molecule has 0 radical (unpaired) electrons. The maximum atomic E-state index is 12.5. The molecule has 2 fully saturated rings. The smallest absolute Gasteiger partial charge is 0.294 e. The summed E-state index contributed by atoms with van der Waals surface area (Å²) >= 11 is 3.62. The van der Waals surface area contributed by atoms with Gasteiger partial charge >= 0.3 is 0 Å². The zero-order valence-corrected chi connectivity index (χ0v) is 16.7. The van der Waals surface area contributed by atoms with Crippen molar-refractivity contribution in [1.82, 2.24) is 9.80 Å². The van der Waals surface area contributed by atoms with Gasteiger partial charge in [0.05, 0.1) is 27.5 Å². The number of thioether (sulfide) groups is 1. The van der Waals surface area contributed by atoms with Crippen molar-refractivity contribution in [3.8, 4) is 5.75 Å². The largest absolute Gasteiger partial charge is 0.506 e. The van der Waals surface area contributed by atoms with Crippen LogP contribution in [-0.4, -0.2) is 69.7 Å². The summed E-state index contributed by atoms with van der Waals surface area (Å²) in [5.41, 5.74) is -0.288. The van der Waals surface area contributed by atoms with Crippen LogP contribution in [0.15, 0.2) is 21.5 Å². The summed E-state index contributed by atoms with van der Waals surface area (Å²) < 4.78 is 5.24. The Kier molecular flexibility index (Phi) is 6.01. The molecule has 0 atom stereocenters. The average molecular weight is 472 g/mol. The number of carbonyl (C=O) groups is 3. The van der Waals surface area contributed by atoms with E-state index in [1.807, 2.05) is 0 Å². The molecule has 2 aliphatic heterocycles. The number of amides is 3. The van der Waals surface area contributed by atoms with Crippen molar-refractivity contribution in [1.29, 1.82) is 0 Å². The Bertz CT molecular complexity index is 898. The lowest BCUT2D eigenvalue weighted by Crippen LogP contribution is -2.46. The molecule has 0 spiro atoms. The highest BCUT2D eigenvalue weighted by molar-refractivity contribution is 9.10. The standard InChI is InChI=1S/C16H14BrN3O7S/c17-11-7-10(20(25)26)5-9(14(11)22)6-12-15(23)19(16(24)28-12)8-13(21)18-1-3-27-4-2-18/h5-7,22H,1-4,8H2/b12-6-. The molecule has 28 heavy (non-hydrogen) atoms. The molecular weight excluding hydrogens is 458 g/mol. The van der Waals surface area contributed by atoms with E-state index >= 15 is 0 Å². The SMILES string of the molecule is O=C(CN1C(=O)S/C(=C\c2cc([N+](=O)[O-])cc(Br)c2O)C1=O)N1CCOCC1. The van der Waals surface area contributed by atoms with Gasteiger partial charge in [-0.25, -0.2) is 0 Å². The molecule has 10 nitrogen and oxygen atoms in total. The Morgan fingerprint density at radius 1 is 1.36 bits per heavy atom. The van der Waals surface area contributed by atoms with Crippen molar-refractivity contribution in [2.75, 3.05) is 32.8 Å². The van der Waals surface area contributed by atoms with Crippen LogP contribution in [0.5, 0.6) is 5.75 Å². The highest BCUT2D eigenvalue weighted by Crippen LogP contribution is 2.38. The van der Waals surface area contributed by atoms with Gasteiger partial charge in [-0.3, -0.25) is 29.4 Å². The van der Waals surface area contributed by atoms with E-state index in [2.05, 4.69) is 15.9 Å². The van der Waals surface area contributed by atoms with Crippen LogP contribution in [-0.2, 0) is 14.3 Å². The van der Waals surface area contributed by atoms with Crippen molar-refractivity contribution in [2.24, 2.45) is 0 Å². The Balaban J connectivity index is 1.81. The molecule has 0 unspecified atom stereocenters. The molecule has 2 saturated heterocycles. The van der Waals surface area contributed by atoms with Gasteiger partial charge in [0.2, 0.25) is 5.91 Å². The fourth-order valence-electron chi connectivity index (χ4n) is 2.65. The van der Waals surface area contributed by atoms with Gasteiger partial charge in [-0.1, -0.05) is 0 Å². The second-order valence-corrected chi connectivity index (χ2v) is 7.73. The highest BCUT2D eigenvalue weighted by Gasteiger charge is 2.37. The van der Waals surface area contributed by atoms with E-state index in [1.165, 1.54) is 11.0 Å². The lowest BCUT2D eigenvalue weighted by molar-refractivity contribution is -0.385. The van der Waals surface area contributed by atoms with Gasteiger partial charge in [0.25, 0.3) is 16.8 Å². The minimum Gasteiger partial charge on any atom is -0.506 e. The second kappa shape index (κ2) is 8.29. The number of nitrogens with zero attached hydrogens (tertiary/aromatic N) is 3. The number of nitro benzene ring substituents is 1. The van der Waals surface area contributed by atoms with Gasteiger partial charge in [0, 0.05) is 30.8 Å². The van der Waals surface area contributed by atoms with Crippen molar-refractivity contribution in [3.05, 3.63) is 37.2 Å². The second-order valence-electron chi connectivity index (χ2n) is 5.88. The van der Waals surface area contributed by atoms with Gasteiger partial charge in [-0.05, 0) is 33.8 Å². The number of halogens is 1.